The maximum absolute atomic E-state index is 15.1. The molecular weight excluding hydrogens is 425 g/mol. The molecule has 0 amide bonds. The first-order chi connectivity index (χ1) is 16.4. The fourth-order valence-electron chi connectivity index (χ4n) is 4.06. The van der Waals surface area contributed by atoms with E-state index in [0.717, 1.165) is 27.5 Å². The van der Waals surface area contributed by atoms with Crippen LogP contribution in [0, 0.1) is 35.9 Å². The molecule has 0 bridgehead atoms. The van der Waals surface area contributed by atoms with Crippen molar-refractivity contribution in [2.45, 2.75) is 26.2 Å². The number of benzene rings is 2. The van der Waals surface area contributed by atoms with E-state index < -0.39 is 11.2 Å². The Hall–Kier alpha value is -4.55. The third-order valence-electron chi connectivity index (χ3n) is 5.83. The largest absolute Gasteiger partial charge is 0.296 e. The molecule has 164 valence electrons. The Morgan fingerprint density at radius 1 is 0.971 bits per heavy atom. The molecule has 0 aliphatic rings. The molecule has 0 saturated carbocycles. The van der Waals surface area contributed by atoms with Crippen LogP contribution in [-0.2, 0) is 5.41 Å². The van der Waals surface area contributed by atoms with Crippen LogP contribution in [0.4, 0.5) is 4.39 Å². The third kappa shape index (κ3) is 3.66. The Labute approximate surface area is 196 Å². The number of aromatic nitrogens is 4. The molecule has 5 nitrogen and oxygen atoms in total. The van der Waals surface area contributed by atoms with Gasteiger partial charge in [-0.05, 0) is 63.2 Å². The second-order valence-corrected chi connectivity index (χ2v) is 8.61. The van der Waals surface area contributed by atoms with E-state index in [2.05, 4.69) is 32.9 Å². The Morgan fingerprint density at radius 3 is 2.53 bits per heavy atom. The van der Waals surface area contributed by atoms with Gasteiger partial charge in [0.25, 0.3) is 0 Å². The van der Waals surface area contributed by atoms with Gasteiger partial charge in [0.1, 0.15) is 17.2 Å². The number of hydrogen-bond donors (Lipinski definition) is 0. The van der Waals surface area contributed by atoms with Crippen molar-refractivity contribution in [3.8, 4) is 23.6 Å². The minimum Gasteiger partial charge on any atom is -0.296 e. The monoisotopic (exact) mass is 445 g/mol. The number of aryl methyl sites for hydroxylation is 1. The maximum atomic E-state index is 15.1. The fraction of sp³-hybridized carbons (Fsp3) is 0.143. The molecule has 3 heterocycles. The van der Waals surface area contributed by atoms with Crippen molar-refractivity contribution in [2.75, 3.05) is 0 Å². The highest BCUT2D eigenvalue weighted by Crippen LogP contribution is 2.31. The highest BCUT2D eigenvalue weighted by atomic mass is 19.1. The molecule has 0 aliphatic heterocycles. The van der Waals surface area contributed by atoms with Crippen molar-refractivity contribution in [3.05, 3.63) is 95.5 Å². The van der Waals surface area contributed by atoms with Crippen LogP contribution >= 0.6 is 0 Å². The van der Waals surface area contributed by atoms with Crippen LogP contribution in [0.2, 0.25) is 0 Å². The van der Waals surface area contributed by atoms with Gasteiger partial charge >= 0.3 is 0 Å². The van der Waals surface area contributed by atoms with Gasteiger partial charge in [0, 0.05) is 34.5 Å². The van der Waals surface area contributed by atoms with Crippen LogP contribution < -0.4 is 0 Å². The van der Waals surface area contributed by atoms with Crippen molar-refractivity contribution in [2.24, 2.45) is 0 Å². The highest BCUT2D eigenvalue weighted by molar-refractivity contribution is 6.03. The van der Waals surface area contributed by atoms with Crippen LogP contribution in [0.25, 0.3) is 27.6 Å². The number of imidazole rings is 1. The molecule has 0 saturated heterocycles. The molecule has 5 aromatic rings. The predicted octanol–water partition coefficient (Wildman–Crippen LogP) is 5.62. The van der Waals surface area contributed by atoms with Crippen LogP contribution in [0.3, 0.4) is 0 Å². The standard InChI is InChI=1S/C28H20FN5/c1-18-33-26-16-32-25-11-8-19(6-7-20-5-4-12-31-15-20)13-22(25)27(26)34(18)21-9-10-23(24(29)14-21)28(2,3)17-30/h4-5,8-16H,1-3H3. The summed E-state index contributed by atoms with van der Waals surface area (Å²) in [5.74, 6) is 6.60. The first kappa shape index (κ1) is 21.3. The van der Waals surface area contributed by atoms with Crippen LogP contribution in [-0.4, -0.2) is 19.5 Å². The molecular formula is C28H20FN5. The van der Waals surface area contributed by atoms with Crippen LogP contribution in [0.15, 0.2) is 67.1 Å². The molecule has 0 atom stereocenters. The number of hydrogen-bond acceptors (Lipinski definition) is 4. The van der Waals surface area contributed by atoms with Crippen LogP contribution in [0.5, 0.6) is 0 Å². The van der Waals surface area contributed by atoms with Gasteiger partial charge in [0.15, 0.2) is 0 Å². The summed E-state index contributed by atoms with van der Waals surface area (Å²) in [7, 11) is 0. The Kier molecular flexibility index (Phi) is 5.07. The van der Waals surface area contributed by atoms with Crippen molar-refractivity contribution in [1.29, 1.82) is 5.26 Å². The van der Waals surface area contributed by atoms with Gasteiger partial charge in [-0.2, -0.15) is 5.26 Å². The summed E-state index contributed by atoms with van der Waals surface area (Å²) in [5.41, 5.74) is 4.07. The zero-order valence-electron chi connectivity index (χ0n) is 19.0. The molecule has 0 spiro atoms. The van der Waals surface area contributed by atoms with E-state index in [-0.39, 0.29) is 0 Å². The molecule has 5 rings (SSSR count). The first-order valence-electron chi connectivity index (χ1n) is 10.8. The zero-order chi connectivity index (χ0) is 23.9. The summed E-state index contributed by atoms with van der Waals surface area (Å²) in [4.78, 5) is 13.3. The van der Waals surface area contributed by atoms with Crippen molar-refractivity contribution < 1.29 is 4.39 Å². The first-order valence-corrected chi connectivity index (χ1v) is 10.8. The van der Waals surface area contributed by atoms with E-state index in [1.165, 1.54) is 6.07 Å². The zero-order valence-corrected chi connectivity index (χ0v) is 19.0. The fourth-order valence-corrected chi connectivity index (χ4v) is 4.06. The quantitative estimate of drug-likeness (QED) is 0.331. The summed E-state index contributed by atoms with van der Waals surface area (Å²) in [6, 6.07) is 16.7. The van der Waals surface area contributed by atoms with Crippen LogP contribution in [0.1, 0.15) is 36.4 Å². The van der Waals surface area contributed by atoms with E-state index >= 15 is 4.39 Å². The second kappa shape index (κ2) is 8.10. The molecule has 6 heteroatoms. The molecule has 2 aromatic carbocycles. The number of rotatable bonds is 2. The normalized spacial score (nSPS) is 11.3. The Balaban J connectivity index is 1.70. The minimum atomic E-state index is -0.923. The number of nitrogens with zero attached hydrogens (tertiary/aromatic N) is 5. The van der Waals surface area contributed by atoms with E-state index in [4.69, 9.17) is 0 Å². The molecule has 0 fully saturated rings. The van der Waals surface area contributed by atoms with Crippen molar-refractivity contribution in [1.82, 2.24) is 19.5 Å². The Morgan fingerprint density at radius 2 is 1.79 bits per heavy atom. The third-order valence-corrected chi connectivity index (χ3v) is 5.83. The van der Waals surface area contributed by atoms with Gasteiger partial charge in [-0.3, -0.25) is 14.5 Å². The second-order valence-electron chi connectivity index (χ2n) is 8.61. The van der Waals surface area contributed by atoms with E-state index in [9.17, 15) is 5.26 Å². The lowest BCUT2D eigenvalue weighted by Crippen LogP contribution is -2.16. The summed E-state index contributed by atoms with van der Waals surface area (Å²) in [5, 5.41) is 10.3. The highest BCUT2D eigenvalue weighted by Gasteiger charge is 2.24. The molecule has 3 aromatic heterocycles. The topological polar surface area (TPSA) is 67.4 Å². The average molecular weight is 446 g/mol. The summed E-state index contributed by atoms with van der Waals surface area (Å²) >= 11 is 0. The summed E-state index contributed by atoms with van der Waals surface area (Å²) < 4.78 is 17.0. The maximum Gasteiger partial charge on any atom is 0.130 e. The Bertz CT molecular complexity index is 1660. The van der Waals surface area contributed by atoms with Gasteiger partial charge < -0.3 is 0 Å². The minimum absolute atomic E-state index is 0.361. The lowest BCUT2D eigenvalue weighted by Gasteiger charge is -2.18. The van der Waals surface area contributed by atoms with Gasteiger partial charge in [-0.15, -0.1) is 0 Å². The van der Waals surface area contributed by atoms with E-state index in [1.54, 1.807) is 38.5 Å². The van der Waals surface area contributed by atoms with E-state index in [1.807, 2.05) is 47.9 Å². The molecule has 0 aliphatic carbocycles. The molecule has 0 N–H and O–H groups in total. The molecule has 0 radical (unpaired) electrons. The predicted molar refractivity (Wildman–Crippen MR) is 130 cm³/mol. The number of fused-ring (bicyclic) bond motifs is 3. The lowest BCUT2D eigenvalue weighted by molar-refractivity contribution is 0.564. The van der Waals surface area contributed by atoms with Crippen molar-refractivity contribution >= 4 is 21.9 Å². The summed E-state index contributed by atoms with van der Waals surface area (Å²) in [6.07, 6.45) is 5.16. The van der Waals surface area contributed by atoms with Crippen molar-refractivity contribution in [3.63, 3.8) is 0 Å². The van der Waals surface area contributed by atoms with Gasteiger partial charge in [-0.1, -0.05) is 17.9 Å². The smallest absolute Gasteiger partial charge is 0.130 e. The van der Waals surface area contributed by atoms with Gasteiger partial charge in [-0.25, -0.2) is 9.37 Å². The summed E-state index contributed by atoms with van der Waals surface area (Å²) in [6.45, 7) is 5.29. The van der Waals surface area contributed by atoms with Gasteiger partial charge in [0.2, 0.25) is 0 Å². The average Bonchev–Trinajstić information content (AvgIpc) is 3.19. The molecule has 0 unspecified atom stereocenters. The lowest BCUT2D eigenvalue weighted by atomic mass is 9.86. The number of nitriles is 1. The van der Waals surface area contributed by atoms with Gasteiger partial charge in [0.05, 0.1) is 34.4 Å². The number of pyridine rings is 2. The SMILES string of the molecule is Cc1nc2cnc3ccc(C#Cc4cccnc4)cc3c2n1-c1ccc(C(C)(C)C#N)c(F)c1. The molecule has 34 heavy (non-hydrogen) atoms. The van der Waals surface area contributed by atoms with E-state index in [0.29, 0.717) is 22.6 Å². The number of halogens is 1.